The third kappa shape index (κ3) is 6.05. The molecule has 0 aliphatic carbocycles. The first-order chi connectivity index (χ1) is 11.1. The molecule has 0 saturated heterocycles. The van der Waals surface area contributed by atoms with E-state index in [4.69, 9.17) is 30.6 Å². The van der Waals surface area contributed by atoms with Gasteiger partial charge in [-0.05, 0) is 0 Å². The second kappa shape index (κ2) is 11.7. The summed E-state index contributed by atoms with van der Waals surface area (Å²) in [5.41, 5.74) is 0. The van der Waals surface area contributed by atoms with Gasteiger partial charge in [-0.15, -0.1) is 0 Å². The van der Waals surface area contributed by atoms with Crippen LogP contribution in [0, 0.1) is 0 Å². The number of ether oxygens (including phenoxy) is 2. The van der Waals surface area contributed by atoms with Gasteiger partial charge < -0.3 is 50.3 Å². The molecule has 0 unspecified atom stereocenters. The van der Waals surface area contributed by atoms with Crippen molar-refractivity contribution >= 4 is 11.9 Å². The summed E-state index contributed by atoms with van der Waals surface area (Å²) in [6.45, 7) is -1.40. The van der Waals surface area contributed by atoms with Gasteiger partial charge in [-0.2, -0.15) is 0 Å². The van der Waals surface area contributed by atoms with Gasteiger partial charge in [0.1, 0.15) is 23.7 Å². The minimum atomic E-state index is -1.46. The first-order valence-corrected chi connectivity index (χ1v) is 6.35. The Labute approximate surface area is 180 Å². The van der Waals surface area contributed by atoms with Crippen molar-refractivity contribution in [3.8, 4) is 0 Å². The minimum absolute atomic E-state index is 0. The fourth-order valence-corrected chi connectivity index (χ4v) is 1.63. The summed E-state index contributed by atoms with van der Waals surface area (Å²) in [5, 5.41) is 73.5. The molecule has 12 nitrogen and oxygen atoms in total. The number of hydrogen-bond donors (Lipinski definition) is 6. The van der Waals surface area contributed by atoms with Gasteiger partial charge in [0.25, 0.3) is 0 Å². The molecular formula is C12H14LiNaO12. The second-order valence-electron chi connectivity index (χ2n) is 4.58. The quantitative estimate of drug-likeness (QED) is 0.198. The van der Waals surface area contributed by atoms with E-state index < -0.39 is 72.6 Å². The standard InChI is InChI=1S/2C6H8O6.Li.Na/c2*7-1-2(8)5-3(9)4(10)6(11)12-5;;/h2*2,5,7-10H,1H2;;/q;;2*+1/p-2/t2*2-,5+;;/m00../s1. The summed E-state index contributed by atoms with van der Waals surface area (Å²) >= 11 is 0. The molecule has 0 fully saturated rings. The number of carbonyl (C=O) groups is 2. The van der Waals surface area contributed by atoms with E-state index in [0.717, 1.165) is 0 Å². The van der Waals surface area contributed by atoms with Crippen molar-refractivity contribution in [2.24, 2.45) is 0 Å². The van der Waals surface area contributed by atoms with Crippen molar-refractivity contribution in [3.05, 3.63) is 23.0 Å². The van der Waals surface area contributed by atoms with Crippen LogP contribution in [0.15, 0.2) is 23.0 Å². The largest absolute Gasteiger partial charge is 1.00 e. The zero-order chi connectivity index (χ0) is 18.6. The normalized spacial score (nSPS) is 23.8. The summed E-state index contributed by atoms with van der Waals surface area (Å²) in [7, 11) is 0. The van der Waals surface area contributed by atoms with Crippen LogP contribution in [0.5, 0.6) is 0 Å². The molecule has 0 spiro atoms. The molecule has 0 amide bonds. The Morgan fingerprint density at radius 2 is 1.12 bits per heavy atom. The summed E-state index contributed by atoms with van der Waals surface area (Å²) in [6.07, 6.45) is -5.76. The molecule has 4 atom stereocenters. The Morgan fingerprint density at radius 3 is 1.27 bits per heavy atom. The molecule has 0 bridgehead atoms. The molecule has 2 aliphatic heterocycles. The smallest absolute Gasteiger partial charge is 0.865 e. The first-order valence-electron chi connectivity index (χ1n) is 6.35. The molecule has 6 N–H and O–H groups in total. The molecule has 0 radical (unpaired) electrons. The van der Waals surface area contributed by atoms with Gasteiger partial charge in [-0.25, -0.2) is 9.59 Å². The molecule has 0 aromatic rings. The number of hydrogen-bond acceptors (Lipinski definition) is 12. The predicted octanol–water partition coefficient (Wildman–Crippen LogP) is -11.2. The van der Waals surface area contributed by atoms with Crippen molar-refractivity contribution in [1.82, 2.24) is 0 Å². The van der Waals surface area contributed by atoms with Crippen LogP contribution in [0.4, 0.5) is 0 Å². The summed E-state index contributed by atoms with van der Waals surface area (Å²) in [6, 6.07) is 0. The van der Waals surface area contributed by atoms with Gasteiger partial charge >= 0.3 is 60.4 Å². The van der Waals surface area contributed by atoms with Crippen molar-refractivity contribution in [3.63, 3.8) is 0 Å². The van der Waals surface area contributed by atoms with E-state index >= 15 is 0 Å². The maximum atomic E-state index is 10.6. The van der Waals surface area contributed by atoms with Gasteiger partial charge in [0, 0.05) is 11.5 Å². The average molecular weight is 380 g/mol. The molecule has 2 rings (SSSR count). The zero-order valence-electron chi connectivity index (χ0n) is 13.9. The summed E-state index contributed by atoms with van der Waals surface area (Å²) in [5.74, 6) is -6.50. The fourth-order valence-electron chi connectivity index (χ4n) is 1.63. The van der Waals surface area contributed by atoms with E-state index in [1.165, 1.54) is 0 Å². The van der Waals surface area contributed by atoms with Gasteiger partial charge in [-0.1, -0.05) is 0 Å². The van der Waals surface area contributed by atoms with E-state index in [1.54, 1.807) is 0 Å². The molecule has 2 heterocycles. The number of cyclic esters (lactones) is 2. The van der Waals surface area contributed by atoms with E-state index in [2.05, 4.69) is 9.47 Å². The van der Waals surface area contributed by atoms with Crippen molar-refractivity contribution < 1.29 is 108 Å². The van der Waals surface area contributed by atoms with Crippen LogP contribution < -0.4 is 58.6 Å². The zero-order valence-corrected chi connectivity index (χ0v) is 15.9. The number of esters is 2. The molecular weight excluding hydrogens is 366 g/mol. The first kappa shape index (κ1) is 27.3. The number of aliphatic hydroxyl groups excluding tert-OH is 6. The molecule has 0 aromatic carbocycles. The molecule has 2 aliphatic rings. The van der Waals surface area contributed by atoms with E-state index in [9.17, 15) is 19.8 Å². The predicted molar refractivity (Wildman–Crippen MR) is 65.3 cm³/mol. The number of carbonyl (C=O) groups excluding carboxylic acids is 2. The topological polar surface area (TPSA) is 220 Å². The van der Waals surface area contributed by atoms with Crippen molar-refractivity contribution in [1.29, 1.82) is 0 Å². The molecule has 26 heavy (non-hydrogen) atoms. The van der Waals surface area contributed by atoms with Crippen LogP contribution in [0.2, 0.25) is 0 Å². The van der Waals surface area contributed by atoms with Crippen LogP contribution in [-0.4, -0.2) is 80.2 Å². The van der Waals surface area contributed by atoms with Gasteiger partial charge in [0.15, 0.2) is 12.2 Å². The Hall–Kier alpha value is -0.943. The summed E-state index contributed by atoms with van der Waals surface area (Å²) < 4.78 is 8.51. The van der Waals surface area contributed by atoms with Crippen LogP contribution in [0.3, 0.4) is 0 Å². The second-order valence-corrected chi connectivity index (χ2v) is 4.58. The maximum absolute atomic E-state index is 10.6. The maximum Gasteiger partial charge on any atom is 1.00 e. The van der Waals surface area contributed by atoms with Gasteiger partial charge in [-0.3, -0.25) is 0 Å². The van der Waals surface area contributed by atoms with Gasteiger partial charge in [0.05, 0.1) is 13.2 Å². The monoisotopic (exact) mass is 380 g/mol. The van der Waals surface area contributed by atoms with Crippen molar-refractivity contribution in [2.45, 2.75) is 24.4 Å². The van der Waals surface area contributed by atoms with Crippen LogP contribution in [-0.2, 0) is 19.1 Å². The Bertz CT molecular complexity index is 527. The molecule has 0 aromatic heterocycles. The van der Waals surface area contributed by atoms with Crippen molar-refractivity contribution in [2.75, 3.05) is 13.2 Å². The van der Waals surface area contributed by atoms with Gasteiger partial charge in [0.2, 0.25) is 0 Å². The summed E-state index contributed by atoms with van der Waals surface area (Å²) in [4.78, 5) is 20.9. The number of aliphatic hydroxyl groups is 6. The molecule has 136 valence electrons. The van der Waals surface area contributed by atoms with E-state index in [0.29, 0.717) is 0 Å². The van der Waals surface area contributed by atoms with E-state index in [-0.39, 0.29) is 48.4 Å². The SMILES string of the molecule is O=C1O[C@H]([C@@H](O)CO)C(O)=C1[O-].O=C1O[C@H]([C@@H](O)CO)C(O)=C1[O-].[Li+].[Na+]. The van der Waals surface area contributed by atoms with Crippen LogP contribution in [0.1, 0.15) is 0 Å². The van der Waals surface area contributed by atoms with Crippen LogP contribution in [0.25, 0.3) is 0 Å². The third-order valence-corrected chi connectivity index (χ3v) is 2.92. The molecule has 14 heteroatoms. The Balaban J connectivity index is 0. The van der Waals surface area contributed by atoms with Crippen LogP contribution >= 0.6 is 0 Å². The average Bonchev–Trinajstić information content (AvgIpc) is 2.98. The molecule has 0 saturated carbocycles. The minimum Gasteiger partial charge on any atom is -0.865 e. The Kier molecular flexibility index (Phi) is 12.3. The Morgan fingerprint density at radius 1 is 0.846 bits per heavy atom. The fraction of sp³-hybridized carbons (Fsp3) is 0.500. The third-order valence-electron chi connectivity index (χ3n) is 2.92. The van der Waals surface area contributed by atoms with E-state index in [1.807, 2.05) is 0 Å². The number of rotatable bonds is 4.